The first-order valence-electron chi connectivity index (χ1n) is 5.84. The van der Waals surface area contributed by atoms with Gasteiger partial charge in [-0.1, -0.05) is 31.8 Å². The molecule has 0 saturated carbocycles. The first-order chi connectivity index (χ1) is 7.44. The summed E-state index contributed by atoms with van der Waals surface area (Å²) < 4.78 is 0. The molecule has 1 aliphatic rings. The molecule has 1 rings (SSSR count). The molecule has 0 N–H and O–H groups in total. The van der Waals surface area contributed by atoms with Crippen molar-refractivity contribution in [3.05, 3.63) is 12.2 Å². The number of hydrogen-bond donors (Lipinski definition) is 0. The van der Waals surface area contributed by atoms with Gasteiger partial charge in [-0.3, -0.25) is 4.79 Å². The molecule has 1 amide bonds. The van der Waals surface area contributed by atoms with E-state index in [4.69, 9.17) is 0 Å². The van der Waals surface area contributed by atoms with Crippen molar-refractivity contribution in [2.75, 3.05) is 6.54 Å². The standard InChI is InChI=1S/C12H21NO2Si/c1-16(2,3)10-4-5-11-6-7-12(15)13(11)8-9-14/h4-5,9,11H,6-8,10H2,1-3H3/b5-4+. The predicted octanol–water partition coefficient (Wildman–Crippen LogP) is 2.07. The van der Waals surface area contributed by atoms with E-state index in [1.54, 1.807) is 4.90 Å². The summed E-state index contributed by atoms with van der Waals surface area (Å²) in [6.45, 7) is 7.20. The third-order valence-corrected chi connectivity index (χ3v) is 4.19. The van der Waals surface area contributed by atoms with Crippen LogP contribution in [-0.2, 0) is 9.59 Å². The predicted molar refractivity (Wildman–Crippen MR) is 68.1 cm³/mol. The maximum Gasteiger partial charge on any atom is 0.223 e. The molecule has 0 spiro atoms. The molecule has 4 heteroatoms. The van der Waals surface area contributed by atoms with Gasteiger partial charge in [-0.25, -0.2) is 0 Å². The molecule has 1 aliphatic heterocycles. The van der Waals surface area contributed by atoms with Crippen molar-refractivity contribution in [1.82, 2.24) is 4.90 Å². The van der Waals surface area contributed by atoms with Crippen LogP contribution in [0.25, 0.3) is 0 Å². The van der Waals surface area contributed by atoms with Crippen molar-refractivity contribution in [2.45, 2.75) is 44.6 Å². The van der Waals surface area contributed by atoms with Gasteiger partial charge in [-0.2, -0.15) is 0 Å². The molecule has 1 unspecified atom stereocenters. The van der Waals surface area contributed by atoms with Gasteiger partial charge in [-0.15, -0.1) is 0 Å². The number of hydrogen-bond acceptors (Lipinski definition) is 2. The quantitative estimate of drug-likeness (QED) is 0.418. The van der Waals surface area contributed by atoms with E-state index < -0.39 is 8.07 Å². The van der Waals surface area contributed by atoms with E-state index in [0.29, 0.717) is 6.42 Å². The summed E-state index contributed by atoms with van der Waals surface area (Å²) in [6.07, 6.45) is 6.53. The van der Waals surface area contributed by atoms with Gasteiger partial charge in [0.1, 0.15) is 6.29 Å². The van der Waals surface area contributed by atoms with E-state index in [2.05, 4.69) is 31.8 Å². The fourth-order valence-electron chi connectivity index (χ4n) is 1.85. The SMILES string of the molecule is C[Si](C)(C)C/C=C/C1CCC(=O)N1CC=O. The van der Waals surface area contributed by atoms with E-state index in [-0.39, 0.29) is 18.5 Å². The maximum atomic E-state index is 11.5. The second-order valence-corrected chi connectivity index (χ2v) is 11.0. The topological polar surface area (TPSA) is 37.4 Å². The van der Waals surface area contributed by atoms with E-state index >= 15 is 0 Å². The summed E-state index contributed by atoms with van der Waals surface area (Å²) in [5.41, 5.74) is 0. The molecule has 0 aromatic carbocycles. The Morgan fingerprint density at radius 2 is 2.12 bits per heavy atom. The molecule has 0 aromatic heterocycles. The van der Waals surface area contributed by atoms with Crippen LogP contribution in [0.4, 0.5) is 0 Å². The lowest BCUT2D eigenvalue weighted by Gasteiger charge is -2.20. The number of carbonyl (C=O) groups excluding carboxylic acids is 2. The average molecular weight is 239 g/mol. The summed E-state index contributed by atoms with van der Waals surface area (Å²) in [5.74, 6) is 0.106. The molecule has 1 fully saturated rings. The fraction of sp³-hybridized carbons (Fsp3) is 0.667. The largest absolute Gasteiger partial charge is 0.329 e. The number of likely N-dealkylation sites (tertiary alicyclic amines) is 1. The molecule has 1 heterocycles. The zero-order valence-corrected chi connectivity index (χ0v) is 11.4. The molecule has 0 aromatic rings. The van der Waals surface area contributed by atoms with Gasteiger partial charge < -0.3 is 9.69 Å². The Kier molecular flexibility index (Phi) is 4.47. The highest BCUT2D eigenvalue weighted by Gasteiger charge is 2.28. The van der Waals surface area contributed by atoms with Crippen molar-refractivity contribution in [3.8, 4) is 0 Å². The summed E-state index contributed by atoms with van der Waals surface area (Å²) in [4.78, 5) is 23.6. The maximum absolute atomic E-state index is 11.5. The zero-order chi connectivity index (χ0) is 12.2. The number of nitrogens with zero attached hydrogens (tertiary/aromatic N) is 1. The lowest BCUT2D eigenvalue weighted by molar-refractivity contribution is -0.130. The Bertz CT molecular complexity index is 294. The number of rotatable bonds is 5. The Morgan fingerprint density at radius 1 is 1.44 bits per heavy atom. The van der Waals surface area contributed by atoms with Crippen LogP contribution in [0.5, 0.6) is 0 Å². The third-order valence-electron chi connectivity index (χ3n) is 2.73. The van der Waals surface area contributed by atoms with E-state index in [9.17, 15) is 9.59 Å². The molecule has 0 bridgehead atoms. The van der Waals surface area contributed by atoms with Crippen molar-refractivity contribution < 1.29 is 9.59 Å². The highest BCUT2D eigenvalue weighted by molar-refractivity contribution is 6.76. The van der Waals surface area contributed by atoms with E-state index in [0.717, 1.165) is 18.8 Å². The number of carbonyl (C=O) groups is 2. The van der Waals surface area contributed by atoms with Crippen molar-refractivity contribution in [1.29, 1.82) is 0 Å². The van der Waals surface area contributed by atoms with E-state index in [1.165, 1.54) is 0 Å². The van der Waals surface area contributed by atoms with Crippen LogP contribution in [0, 0.1) is 0 Å². The Labute approximate surface area is 98.5 Å². The van der Waals surface area contributed by atoms with Crippen LogP contribution in [0.15, 0.2) is 12.2 Å². The lowest BCUT2D eigenvalue weighted by atomic mass is 10.2. The van der Waals surface area contributed by atoms with Crippen LogP contribution in [0.3, 0.4) is 0 Å². The molecular formula is C12H21NO2Si. The first-order valence-corrected chi connectivity index (χ1v) is 9.54. The van der Waals surface area contributed by atoms with Gasteiger partial charge >= 0.3 is 0 Å². The molecule has 0 aliphatic carbocycles. The molecule has 3 nitrogen and oxygen atoms in total. The van der Waals surface area contributed by atoms with Gasteiger partial charge in [0.15, 0.2) is 0 Å². The van der Waals surface area contributed by atoms with E-state index in [1.807, 2.05) is 0 Å². The number of allylic oxidation sites excluding steroid dienone is 1. The minimum absolute atomic E-state index is 0.106. The lowest BCUT2D eigenvalue weighted by Crippen LogP contribution is -2.33. The minimum Gasteiger partial charge on any atom is -0.329 e. The van der Waals surface area contributed by atoms with Gasteiger partial charge in [0.2, 0.25) is 5.91 Å². The van der Waals surface area contributed by atoms with Gasteiger partial charge in [0.05, 0.1) is 12.6 Å². The monoisotopic (exact) mass is 239 g/mol. The van der Waals surface area contributed by atoms with Crippen molar-refractivity contribution >= 4 is 20.3 Å². The second-order valence-electron chi connectivity index (χ2n) is 5.51. The Balaban J connectivity index is 2.53. The number of amides is 1. The average Bonchev–Trinajstić information content (AvgIpc) is 2.48. The van der Waals surface area contributed by atoms with Crippen LogP contribution in [0.1, 0.15) is 12.8 Å². The van der Waals surface area contributed by atoms with Gasteiger partial charge in [0, 0.05) is 14.5 Å². The second kappa shape index (κ2) is 5.43. The van der Waals surface area contributed by atoms with Gasteiger partial charge in [-0.05, 0) is 12.5 Å². The van der Waals surface area contributed by atoms with Crippen molar-refractivity contribution in [2.24, 2.45) is 0 Å². The summed E-state index contributed by atoms with van der Waals surface area (Å²) >= 11 is 0. The summed E-state index contributed by atoms with van der Waals surface area (Å²) in [6, 6.07) is 1.28. The molecule has 1 atom stereocenters. The summed E-state index contributed by atoms with van der Waals surface area (Å²) in [7, 11) is -1.05. The fourth-order valence-corrected chi connectivity index (χ4v) is 2.70. The molecule has 1 saturated heterocycles. The zero-order valence-electron chi connectivity index (χ0n) is 10.4. The highest BCUT2D eigenvalue weighted by atomic mass is 28.3. The van der Waals surface area contributed by atoms with Crippen LogP contribution in [-0.4, -0.2) is 37.8 Å². The molecule has 16 heavy (non-hydrogen) atoms. The Hall–Kier alpha value is -0.903. The first kappa shape index (κ1) is 13.2. The van der Waals surface area contributed by atoms with Crippen LogP contribution >= 0.6 is 0 Å². The third kappa shape index (κ3) is 3.93. The van der Waals surface area contributed by atoms with Crippen molar-refractivity contribution in [3.63, 3.8) is 0 Å². The van der Waals surface area contributed by atoms with Crippen LogP contribution < -0.4 is 0 Å². The number of aldehydes is 1. The summed E-state index contributed by atoms with van der Waals surface area (Å²) in [5, 5.41) is 0. The smallest absolute Gasteiger partial charge is 0.223 e. The Morgan fingerprint density at radius 3 is 2.69 bits per heavy atom. The van der Waals surface area contributed by atoms with Crippen LogP contribution in [0.2, 0.25) is 25.7 Å². The molecular weight excluding hydrogens is 218 g/mol. The highest BCUT2D eigenvalue weighted by Crippen LogP contribution is 2.20. The minimum atomic E-state index is -1.05. The van der Waals surface area contributed by atoms with Gasteiger partial charge in [0.25, 0.3) is 0 Å². The molecule has 0 radical (unpaired) electrons. The molecule has 90 valence electrons. The normalized spacial score (nSPS) is 22.1.